The van der Waals surface area contributed by atoms with E-state index in [9.17, 15) is 0 Å². The zero-order valence-electron chi connectivity index (χ0n) is 8.29. The maximum atomic E-state index is 5.76. The van der Waals surface area contributed by atoms with Crippen LogP contribution in [0.3, 0.4) is 0 Å². The van der Waals surface area contributed by atoms with Gasteiger partial charge >= 0.3 is 0 Å². The minimum atomic E-state index is 0.765. The standard InChI is InChI=1S/C9H7BrN2.C2H6/c10-6-1-2-9-7(5-6)8(11)3-4-12-9;1-2/h1-5H,(H2,11,12);1-2H3. The Morgan fingerprint density at radius 2 is 1.93 bits per heavy atom. The van der Waals surface area contributed by atoms with Crippen LogP contribution in [0.1, 0.15) is 13.8 Å². The van der Waals surface area contributed by atoms with E-state index < -0.39 is 0 Å². The normalized spacial score (nSPS) is 9.36. The van der Waals surface area contributed by atoms with Gasteiger partial charge in [-0.05, 0) is 24.3 Å². The van der Waals surface area contributed by atoms with E-state index in [0.717, 1.165) is 21.1 Å². The van der Waals surface area contributed by atoms with Crippen LogP contribution in [0.2, 0.25) is 0 Å². The van der Waals surface area contributed by atoms with Crippen LogP contribution in [0.5, 0.6) is 0 Å². The Morgan fingerprint density at radius 1 is 1.21 bits per heavy atom. The van der Waals surface area contributed by atoms with E-state index >= 15 is 0 Å². The minimum Gasteiger partial charge on any atom is -0.398 e. The molecule has 0 saturated heterocycles. The van der Waals surface area contributed by atoms with Gasteiger partial charge < -0.3 is 5.73 Å². The minimum absolute atomic E-state index is 0.765. The number of nitrogens with zero attached hydrogens (tertiary/aromatic N) is 1. The van der Waals surface area contributed by atoms with Crippen molar-refractivity contribution in [1.82, 2.24) is 4.98 Å². The monoisotopic (exact) mass is 252 g/mol. The molecule has 0 fully saturated rings. The lowest BCUT2D eigenvalue weighted by molar-refractivity contribution is 1.41. The topological polar surface area (TPSA) is 38.9 Å². The Kier molecular flexibility index (Phi) is 3.89. The summed E-state index contributed by atoms with van der Waals surface area (Å²) in [6.07, 6.45) is 1.71. The second-order valence-electron chi connectivity index (χ2n) is 2.56. The lowest BCUT2D eigenvalue weighted by atomic mass is 10.2. The molecule has 74 valence electrons. The molecule has 2 nitrogen and oxygen atoms in total. The highest BCUT2D eigenvalue weighted by molar-refractivity contribution is 9.10. The van der Waals surface area contributed by atoms with Gasteiger partial charge in [0.1, 0.15) is 0 Å². The average Bonchev–Trinajstić information content (AvgIpc) is 2.22. The Labute approximate surface area is 92.3 Å². The van der Waals surface area contributed by atoms with E-state index in [-0.39, 0.29) is 0 Å². The molecule has 2 rings (SSSR count). The van der Waals surface area contributed by atoms with Crippen LogP contribution in [0.15, 0.2) is 34.9 Å². The number of nitrogens with two attached hydrogens (primary N) is 1. The van der Waals surface area contributed by atoms with Crippen molar-refractivity contribution >= 4 is 32.5 Å². The molecule has 0 saturated carbocycles. The number of benzene rings is 1. The molecule has 2 aromatic rings. The van der Waals surface area contributed by atoms with Crippen LogP contribution in [-0.4, -0.2) is 4.98 Å². The molecular weight excluding hydrogens is 240 g/mol. The van der Waals surface area contributed by atoms with Crippen molar-refractivity contribution in [2.45, 2.75) is 13.8 Å². The first-order chi connectivity index (χ1) is 6.77. The van der Waals surface area contributed by atoms with E-state index in [1.807, 2.05) is 32.0 Å². The van der Waals surface area contributed by atoms with Crippen LogP contribution in [0, 0.1) is 0 Å². The van der Waals surface area contributed by atoms with Gasteiger partial charge in [-0.15, -0.1) is 0 Å². The summed E-state index contributed by atoms with van der Waals surface area (Å²) in [6, 6.07) is 7.66. The summed E-state index contributed by atoms with van der Waals surface area (Å²) < 4.78 is 1.02. The zero-order chi connectivity index (χ0) is 10.6. The van der Waals surface area contributed by atoms with Gasteiger partial charge in [0.05, 0.1) is 5.52 Å². The second kappa shape index (κ2) is 4.96. The molecule has 0 aliphatic heterocycles. The summed E-state index contributed by atoms with van der Waals surface area (Å²) in [5.41, 5.74) is 7.46. The van der Waals surface area contributed by atoms with Crippen LogP contribution < -0.4 is 5.73 Å². The van der Waals surface area contributed by atoms with E-state index in [1.54, 1.807) is 12.3 Å². The third-order valence-electron chi connectivity index (χ3n) is 1.74. The highest BCUT2D eigenvalue weighted by Gasteiger charge is 1.97. The number of hydrogen-bond acceptors (Lipinski definition) is 2. The number of hydrogen-bond donors (Lipinski definition) is 1. The SMILES string of the molecule is CC.Nc1ccnc2ccc(Br)cc12. The quantitative estimate of drug-likeness (QED) is 0.778. The van der Waals surface area contributed by atoms with Gasteiger partial charge in [-0.1, -0.05) is 29.8 Å². The number of aromatic nitrogens is 1. The lowest BCUT2D eigenvalue weighted by Gasteiger charge is -2.00. The van der Waals surface area contributed by atoms with Gasteiger partial charge in [0.25, 0.3) is 0 Å². The lowest BCUT2D eigenvalue weighted by Crippen LogP contribution is -1.87. The van der Waals surface area contributed by atoms with Gasteiger partial charge in [-0.3, -0.25) is 4.98 Å². The van der Waals surface area contributed by atoms with E-state index in [0.29, 0.717) is 0 Å². The molecule has 0 aliphatic rings. The highest BCUT2D eigenvalue weighted by Crippen LogP contribution is 2.22. The van der Waals surface area contributed by atoms with Crippen LogP contribution in [0.25, 0.3) is 10.9 Å². The Balaban J connectivity index is 0.000000461. The maximum Gasteiger partial charge on any atom is 0.0723 e. The predicted octanol–water partition coefficient (Wildman–Crippen LogP) is 3.61. The predicted molar refractivity (Wildman–Crippen MR) is 65.2 cm³/mol. The van der Waals surface area contributed by atoms with Crippen molar-refractivity contribution in [1.29, 1.82) is 0 Å². The molecule has 0 aliphatic carbocycles. The van der Waals surface area contributed by atoms with Crippen molar-refractivity contribution < 1.29 is 0 Å². The third kappa shape index (κ3) is 2.23. The van der Waals surface area contributed by atoms with Gasteiger partial charge in [0, 0.05) is 21.7 Å². The molecule has 1 aromatic carbocycles. The Hall–Kier alpha value is -1.09. The van der Waals surface area contributed by atoms with E-state index in [4.69, 9.17) is 5.73 Å². The van der Waals surface area contributed by atoms with Gasteiger partial charge in [0.2, 0.25) is 0 Å². The van der Waals surface area contributed by atoms with Gasteiger partial charge in [0.15, 0.2) is 0 Å². The van der Waals surface area contributed by atoms with Crippen molar-refractivity contribution in [2.75, 3.05) is 5.73 Å². The van der Waals surface area contributed by atoms with Gasteiger partial charge in [-0.2, -0.15) is 0 Å². The molecular formula is C11H13BrN2. The fourth-order valence-corrected chi connectivity index (χ4v) is 1.50. The molecule has 14 heavy (non-hydrogen) atoms. The molecule has 2 N–H and O–H groups in total. The van der Waals surface area contributed by atoms with Crippen molar-refractivity contribution in [3.63, 3.8) is 0 Å². The summed E-state index contributed by atoms with van der Waals surface area (Å²) in [7, 11) is 0. The number of pyridine rings is 1. The smallest absolute Gasteiger partial charge is 0.0723 e. The Bertz CT molecular complexity index is 427. The van der Waals surface area contributed by atoms with E-state index in [2.05, 4.69) is 20.9 Å². The zero-order valence-corrected chi connectivity index (χ0v) is 9.88. The first-order valence-corrected chi connectivity index (χ1v) is 5.36. The summed E-state index contributed by atoms with van der Waals surface area (Å²) in [5.74, 6) is 0. The highest BCUT2D eigenvalue weighted by atomic mass is 79.9. The number of anilines is 1. The maximum absolute atomic E-state index is 5.76. The Morgan fingerprint density at radius 3 is 2.64 bits per heavy atom. The fourth-order valence-electron chi connectivity index (χ4n) is 1.14. The molecule has 3 heteroatoms. The molecule has 1 aromatic heterocycles. The number of rotatable bonds is 0. The van der Waals surface area contributed by atoms with Crippen LogP contribution in [-0.2, 0) is 0 Å². The second-order valence-corrected chi connectivity index (χ2v) is 3.48. The van der Waals surface area contributed by atoms with Crippen LogP contribution in [0.4, 0.5) is 5.69 Å². The van der Waals surface area contributed by atoms with Crippen molar-refractivity contribution in [2.24, 2.45) is 0 Å². The summed E-state index contributed by atoms with van der Waals surface area (Å²) >= 11 is 3.38. The van der Waals surface area contributed by atoms with Crippen LogP contribution >= 0.6 is 15.9 Å². The van der Waals surface area contributed by atoms with Crippen molar-refractivity contribution in [3.05, 3.63) is 34.9 Å². The molecule has 0 spiro atoms. The van der Waals surface area contributed by atoms with Gasteiger partial charge in [-0.25, -0.2) is 0 Å². The van der Waals surface area contributed by atoms with Crippen molar-refractivity contribution in [3.8, 4) is 0 Å². The molecule has 0 radical (unpaired) electrons. The molecule has 0 atom stereocenters. The first-order valence-electron chi connectivity index (χ1n) is 4.57. The fraction of sp³-hybridized carbons (Fsp3) is 0.182. The molecule has 0 unspecified atom stereocenters. The van der Waals surface area contributed by atoms with E-state index in [1.165, 1.54) is 0 Å². The molecule has 0 amide bonds. The first kappa shape index (κ1) is 11.0. The third-order valence-corrected chi connectivity index (χ3v) is 2.23. The largest absolute Gasteiger partial charge is 0.398 e. The summed E-state index contributed by atoms with van der Waals surface area (Å²) in [4.78, 5) is 4.18. The average molecular weight is 253 g/mol. The summed E-state index contributed by atoms with van der Waals surface area (Å²) in [6.45, 7) is 4.00. The summed E-state index contributed by atoms with van der Waals surface area (Å²) in [5, 5.41) is 0.992. The number of fused-ring (bicyclic) bond motifs is 1. The molecule has 0 bridgehead atoms. The molecule has 1 heterocycles. The number of nitrogen functional groups attached to an aromatic ring is 1. The number of halogens is 1.